The molecule has 1 aliphatic rings. The van der Waals surface area contributed by atoms with E-state index < -0.39 is 15.7 Å². The molecular weight excluding hydrogens is 407 g/mol. The number of hydrogen-bond donors (Lipinski definition) is 0. The van der Waals surface area contributed by atoms with Crippen LogP contribution in [0.4, 0.5) is 10.3 Å². The number of aromatic nitrogens is 1. The molecule has 0 spiro atoms. The number of ether oxygens (including phenoxy) is 1. The van der Waals surface area contributed by atoms with E-state index in [1.54, 1.807) is 11.0 Å². The first-order valence-electron chi connectivity index (χ1n) is 8.56. The molecule has 1 aromatic heterocycles. The van der Waals surface area contributed by atoms with Gasteiger partial charge in [-0.3, -0.25) is 0 Å². The summed E-state index contributed by atoms with van der Waals surface area (Å²) in [7, 11) is -4.00. The molecule has 146 valence electrons. The van der Waals surface area contributed by atoms with E-state index in [1.165, 1.54) is 42.5 Å². The highest BCUT2D eigenvalue weighted by atomic mass is 35.5. The van der Waals surface area contributed by atoms with E-state index in [-0.39, 0.29) is 27.3 Å². The minimum atomic E-state index is -4.00. The highest BCUT2D eigenvalue weighted by molar-refractivity contribution is 7.91. The van der Waals surface area contributed by atoms with Crippen LogP contribution < -0.4 is 4.90 Å². The van der Waals surface area contributed by atoms with Gasteiger partial charge in [-0.05, 0) is 36.4 Å². The topological polar surface area (TPSA) is 72.6 Å². The smallest absolute Gasteiger partial charge is 0.236 e. The summed E-state index contributed by atoms with van der Waals surface area (Å²) in [6, 6.07) is 11.7. The third kappa shape index (κ3) is 3.50. The highest BCUT2D eigenvalue weighted by Gasteiger charge is 2.32. The number of hydrogen-bond acceptors (Lipinski definition) is 6. The highest BCUT2D eigenvalue weighted by Crippen LogP contribution is 2.35. The monoisotopic (exact) mass is 422 g/mol. The molecule has 2 heterocycles. The first-order chi connectivity index (χ1) is 13.5. The van der Waals surface area contributed by atoms with Crippen LogP contribution >= 0.6 is 11.6 Å². The molecule has 0 amide bonds. The van der Waals surface area contributed by atoms with Crippen LogP contribution in [-0.2, 0) is 14.6 Å². The Bertz CT molecular complexity index is 1090. The molecule has 28 heavy (non-hydrogen) atoms. The fraction of sp³-hybridized carbons (Fsp3) is 0.211. The van der Waals surface area contributed by atoms with E-state index in [2.05, 4.69) is 4.98 Å². The molecule has 0 bridgehead atoms. The number of benzene rings is 2. The summed E-state index contributed by atoms with van der Waals surface area (Å²) >= 11 is 5.87. The Kier molecular flexibility index (Phi) is 5.09. The molecule has 0 atom stereocenters. The maximum Gasteiger partial charge on any atom is 0.236 e. The molecule has 0 unspecified atom stereocenters. The molecule has 6 nitrogen and oxygen atoms in total. The van der Waals surface area contributed by atoms with Gasteiger partial charge in [0.1, 0.15) is 5.82 Å². The average Bonchev–Trinajstić information content (AvgIpc) is 3.15. The zero-order chi connectivity index (χ0) is 19.7. The van der Waals surface area contributed by atoms with Crippen LogP contribution in [0.3, 0.4) is 0 Å². The Morgan fingerprint density at radius 1 is 1.04 bits per heavy atom. The molecule has 0 N–H and O–H groups in total. The van der Waals surface area contributed by atoms with Gasteiger partial charge in [-0.25, -0.2) is 12.8 Å². The molecule has 0 radical (unpaired) electrons. The summed E-state index contributed by atoms with van der Waals surface area (Å²) in [6.07, 6.45) is 0. The van der Waals surface area contributed by atoms with Crippen molar-refractivity contribution in [2.45, 2.75) is 9.92 Å². The van der Waals surface area contributed by atoms with Gasteiger partial charge >= 0.3 is 0 Å². The van der Waals surface area contributed by atoms with Gasteiger partial charge in [0.2, 0.25) is 26.6 Å². The third-order valence-electron chi connectivity index (χ3n) is 4.36. The minimum Gasteiger partial charge on any atom is -0.419 e. The molecule has 4 rings (SSSR count). The number of rotatable bonds is 4. The summed E-state index contributed by atoms with van der Waals surface area (Å²) in [5.41, 5.74) is 0.0922. The summed E-state index contributed by atoms with van der Waals surface area (Å²) in [5, 5.41) is 0.162. The van der Waals surface area contributed by atoms with Crippen molar-refractivity contribution in [2.24, 2.45) is 0 Å². The third-order valence-corrected chi connectivity index (χ3v) is 6.28. The summed E-state index contributed by atoms with van der Waals surface area (Å²) < 4.78 is 51.8. The van der Waals surface area contributed by atoms with Crippen molar-refractivity contribution in [3.05, 3.63) is 59.4 Å². The van der Waals surface area contributed by atoms with E-state index in [0.717, 1.165) is 0 Å². The SMILES string of the molecule is O=S(=O)(c1ccc(Cl)cc1)c1nc(-c2ccccc2F)oc1N1CCOCC1. The van der Waals surface area contributed by atoms with Crippen molar-refractivity contribution in [1.29, 1.82) is 0 Å². The van der Waals surface area contributed by atoms with E-state index in [9.17, 15) is 12.8 Å². The van der Waals surface area contributed by atoms with E-state index >= 15 is 0 Å². The Hall–Kier alpha value is -2.42. The first-order valence-corrected chi connectivity index (χ1v) is 10.4. The summed E-state index contributed by atoms with van der Waals surface area (Å²) in [4.78, 5) is 5.94. The van der Waals surface area contributed by atoms with Crippen molar-refractivity contribution in [3.8, 4) is 11.5 Å². The Morgan fingerprint density at radius 2 is 1.71 bits per heavy atom. The Morgan fingerprint density at radius 3 is 2.39 bits per heavy atom. The molecule has 0 saturated carbocycles. The van der Waals surface area contributed by atoms with Crippen molar-refractivity contribution < 1.29 is 22.0 Å². The zero-order valence-corrected chi connectivity index (χ0v) is 16.2. The van der Waals surface area contributed by atoms with Crippen LogP contribution in [0.1, 0.15) is 0 Å². The van der Waals surface area contributed by atoms with Gasteiger partial charge in [0, 0.05) is 18.1 Å². The van der Waals surface area contributed by atoms with Crippen molar-refractivity contribution in [2.75, 3.05) is 31.2 Å². The van der Waals surface area contributed by atoms with Gasteiger partial charge in [0.15, 0.2) is 0 Å². The van der Waals surface area contributed by atoms with Gasteiger partial charge in [-0.1, -0.05) is 23.7 Å². The number of anilines is 1. The van der Waals surface area contributed by atoms with Crippen LogP contribution in [-0.4, -0.2) is 39.7 Å². The molecule has 1 aliphatic heterocycles. The van der Waals surface area contributed by atoms with Crippen molar-refractivity contribution in [1.82, 2.24) is 4.98 Å². The second-order valence-corrected chi connectivity index (χ2v) is 8.47. The quantitative estimate of drug-likeness (QED) is 0.636. The Balaban J connectivity index is 1.87. The van der Waals surface area contributed by atoms with Crippen LogP contribution in [0.15, 0.2) is 62.9 Å². The predicted octanol–water partition coefficient (Wildman–Crippen LogP) is 3.80. The second-order valence-electron chi connectivity index (χ2n) is 6.17. The van der Waals surface area contributed by atoms with Gasteiger partial charge in [-0.2, -0.15) is 4.98 Å². The van der Waals surface area contributed by atoms with E-state index in [1.807, 2.05) is 0 Å². The van der Waals surface area contributed by atoms with Gasteiger partial charge in [-0.15, -0.1) is 0 Å². The van der Waals surface area contributed by atoms with E-state index in [0.29, 0.717) is 31.3 Å². The maximum absolute atomic E-state index is 14.2. The van der Waals surface area contributed by atoms with Crippen LogP contribution in [0.25, 0.3) is 11.5 Å². The molecule has 3 aromatic rings. The van der Waals surface area contributed by atoms with Gasteiger partial charge in [0.25, 0.3) is 0 Å². The van der Waals surface area contributed by atoms with Gasteiger partial charge in [0.05, 0.1) is 23.7 Å². The lowest BCUT2D eigenvalue weighted by molar-refractivity contribution is 0.120. The average molecular weight is 423 g/mol. The van der Waals surface area contributed by atoms with Crippen molar-refractivity contribution in [3.63, 3.8) is 0 Å². The first kappa shape index (κ1) is 18.9. The molecule has 0 aliphatic carbocycles. The van der Waals surface area contributed by atoms with Crippen LogP contribution in [0.2, 0.25) is 5.02 Å². The summed E-state index contributed by atoms with van der Waals surface area (Å²) in [5.74, 6) is -0.559. The molecule has 2 aromatic carbocycles. The number of oxazole rings is 1. The standard InChI is InChI=1S/C19H16ClFN2O4S/c20-13-5-7-14(8-6-13)28(24,25)18-19(23-9-11-26-12-10-23)27-17(22-18)15-3-1-2-4-16(15)21/h1-8H,9-12H2. The van der Waals surface area contributed by atoms with E-state index in [4.69, 9.17) is 20.8 Å². The van der Waals surface area contributed by atoms with Gasteiger partial charge < -0.3 is 14.1 Å². The number of sulfone groups is 1. The fourth-order valence-electron chi connectivity index (χ4n) is 2.91. The maximum atomic E-state index is 14.2. The predicted molar refractivity (Wildman–Crippen MR) is 102 cm³/mol. The zero-order valence-electron chi connectivity index (χ0n) is 14.6. The van der Waals surface area contributed by atoms with Crippen LogP contribution in [0.5, 0.6) is 0 Å². The van der Waals surface area contributed by atoms with Crippen LogP contribution in [0, 0.1) is 5.82 Å². The lowest BCUT2D eigenvalue weighted by Gasteiger charge is -2.26. The minimum absolute atomic E-state index is 0.0276. The largest absolute Gasteiger partial charge is 0.419 e. The second kappa shape index (κ2) is 7.54. The summed E-state index contributed by atoms with van der Waals surface area (Å²) in [6.45, 7) is 1.73. The molecular formula is C19H16ClFN2O4S. The lowest BCUT2D eigenvalue weighted by Crippen LogP contribution is -2.36. The van der Waals surface area contributed by atoms with Crippen molar-refractivity contribution >= 4 is 27.3 Å². The normalized spacial score (nSPS) is 15.0. The fourth-order valence-corrected chi connectivity index (χ4v) is 4.36. The Labute approximate surface area is 166 Å². The molecule has 1 fully saturated rings. The molecule has 1 saturated heterocycles. The number of morpholine rings is 1. The molecule has 9 heteroatoms. The number of halogens is 2. The number of nitrogens with zero attached hydrogens (tertiary/aromatic N) is 2. The lowest BCUT2D eigenvalue weighted by atomic mass is 10.2.